The van der Waals surface area contributed by atoms with Crippen molar-refractivity contribution in [3.63, 3.8) is 0 Å². The van der Waals surface area contributed by atoms with Crippen molar-refractivity contribution < 1.29 is 9.53 Å². The second-order valence-corrected chi connectivity index (χ2v) is 4.56. The molecule has 3 nitrogen and oxygen atoms in total. The minimum Gasteiger partial charge on any atom is -0.481 e. The molecule has 2 rings (SSSR count). The molecular weight excluding hydrogens is 214 g/mol. The van der Waals surface area contributed by atoms with Crippen LogP contribution in [0.2, 0.25) is 0 Å². The summed E-state index contributed by atoms with van der Waals surface area (Å²) in [5.41, 5.74) is 1.06. The van der Waals surface area contributed by atoms with Crippen LogP contribution in [0.15, 0.2) is 24.3 Å². The van der Waals surface area contributed by atoms with Gasteiger partial charge in [-0.2, -0.15) is 0 Å². The Morgan fingerprint density at radius 1 is 1.29 bits per heavy atom. The molecule has 3 heteroatoms. The number of ether oxygens (including phenoxy) is 1. The summed E-state index contributed by atoms with van der Waals surface area (Å²) in [5.74, 6) is 0.901. The van der Waals surface area contributed by atoms with Gasteiger partial charge in [-0.3, -0.25) is 4.79 Å². The van der Waals surface area contributed by atoms with Gasteiger partial charge in [0.15, 0.2) is 6.10 Å². The Hall–Kier alpha value is -1.51. The molecule has 1 heterocycles. The van der Waals surface area contributed by atoms with E-state index in [1.165, 1.54) is 0 Å². The molecule has 1 amide bonds. The molecule has 0 spiro atoms. The summed E-state index contributed by atoms with van der Waals surface area (Å²) in [5, 5.41) is 0. The lowest BCUT2D eigenvalue weighted by Crippen LogP contribution is -2.38. The Morgan fingerprint density at radius 3 is 2.59 bits per heavy atom. The predicted molar refractivity (Wildman–Crippen MR) is 67.1 cm³/mol. The smallest absolute Gasteiger partial charge is 0.263 e. The molecule has 1 aromatic rings. The number of nitrogens with zero attached hydrogens (tertiary/aromatic N) is 1. The van der Waals surface area contributed by atoms with Gasteiger partial charge in [0.1, 0.15) is 5.75 Å². The van der Waals surface area contributed by atoms with E-state index in [-0.39, 0.29) is 5.91 Å². The highest BCUT2D eigenvalue weighted by molar-refractivity contribution is 5.81. The molecule has 0 unspecified atom stereocenters. The highest BCUT2D eigenvalue weighted by atomic mass is 16.5. The van der Waals surface area contributed by atoms with Crippen molar-refractivity contribution in [3.05, 3.63) is 29.8 Å². The third-order valence-corrected chi connectivity index (χ3v) is 3.16. The normalized spacial score (nSPS) is 16.9. The van der Waals surface area contributed by atoms with Crippen LogP contribution in [0.3, 0.4) is 0 Å². The van der Waals surface area contributed by atoms with Crippen LogP contribution in [-0.4, -0.2) is 30.0 Å². The first-order valence-electron chi connectivity index (χ1n) is 6.19. The van der Waals surface area contributed by atoms with E-state index in [0.717, 1.165) is 37.2 Å². The van der Waals surface area contributed by atoms with Gasteiger partial charge in [0, 0.05) is 13.1 Å². The first-order valence-corrected chi connectivity index (χ1v) is 6.19. The van der Waals surface area contributed by atoms with Gasteiger partial charge in [-0.25, -0.2) is 0 Å². The number of hydrogen-bond donors (Lipinski definition) is 0. The van der Waals surface area contributed by atoms with Crippen molar-refractivity contribution in [1.29, 1.82) is 0 Å². The van der Waals surface area contributed by atoms with E-state index in [0.29, 0.717) is 0 Å². The van der Waals surface area contributed by atoms with E-state index in [9.17, 15) is 4.79 Å². The van der Waals surface area contributed by atoms with Gasteiger partial charge in [0.05, 0.1) is 0 Å². The molecular formula is C14H19NO2. The largest absolute Gasteiger partial charge is 0.481 e. The van der Waals surface area contributed by atoms with Crippen molar-refractivity contribution in [2.75, 3.05) is 13.1 Å². The average Bonchev–Trinajstić information content (AvgIpc) is 2.84. The number of benzene rings is 1. The molecule has 1 fully saturated rings. The number of rotatable bonds is 3. The van der Waals surface area contributed by atoms with Crippen molar-refractivity contribution in [1.82, 2.24) is 4.90 Å². The number of para-hydroxylation sites is 1. The molecule has 1 atom stereocenters. The maximum atomic E-state index is 12.1. The van der Waals surface area contributed by atoms with Crippen LogP contribution in [0.1, 0.15) is 25.3 Å². The Kier molecular flexibility index (Phi) is 3.67. The molecule has 1 aliphatic heterocycles. The Bertz CT molecular complexity index is 397. The lowest BCUT2D eigenvalue weighted by molar-refractivity contribution is -0.136. The molecule has 0 N–H and O–H groups in total. The maximum absolute atomic E-state index is 12.1. The molecule has 0 saturated carbocycles. The van der Waals surface area contributed by atoms with E-state index >= 15 is 0 Å². The third kappa shape index (κ3) is 2.78. The van der Waals surface area contributed by atoms with Gasteiger partial charge in [0.25, 0.3) is 5.91 Å². The highest BCUT2D eigenvalue weighted by Gasteiger charge is 2.24. The summed E-state index contributed by atoms with van der Waals surface area (Å²) in [6.45, 7) is 5.57. The SMILES string of the molecule is Cc1ccccc1O[C@H](C)C(=O)N1CCCC1. The van der Waals surface area contributed by atoms with E-state index < -0.39 is 6.10 Å². The molecule has 1 aromatic carbocycles. The second kappa shape index (κ2) is 5.21. The lowest BCUT2D eigenvalue weighted by Gasteiger charge is -2.21. The molecule has 17 heavy (non-hydrogen) atoms. The van der Waals surface area contributed by atoms with Gasteiger partial charge >= 0.3 is 0 Å². The second-order valence-electron chi connectivity index (χ2n) is 4.56. The van der Waals surface area contributed by atoms with E-state index in [4.69, 9.17) is 4.74 Å². The van der Waals surface area contributed by atoms with Crippen LogP contribution in [0.5, 0.6) is 5.75 Å². The quantitative estimate of drug-likeness (QED) is 0.802. The van der Waals surface area contributed by atoms with Crippen molar-refractivity contribution in [3.8, 4) is 5.75 Å². The summed E-state index contributed by atoms with van der Waals surface area (Å²) in [7, 11) is 0. The number of carbonyl (C=O) groups is 1. The van der Waals surface area contributed by atoms with Gasteiger partial charge in [-0.1, -0.05) is 18.2 Å². The summed E-state index contributed by atoms with van der Waals surface area (Å²) >= 11 is 0. The van der Waals surface area contributed by atoms with Gasteiger partial charge in [0.2, 0.25) is 0 Å². The maximum Gasteiger partial charge on any atom is 0.263 e. The van der Waals surface area contributed by atoms with E-state index in [1.54, 1.807) is 0 Å². The van der Waals surface area contributed by atoms with Gasteiger partial charge in [-0.15, -0.1) is 0 Å². The van der Waals surface area contributed by atoms with Crippen LogP contribution in [0.25, 0.3) is 0 Å². The summed E-state index contributed by atoms with van der Waals surface area (Å²) in [6, 6.07) is 7.79. The molecule has 1 aliphatic rings. The zero-order valence-corrected chi connectivity index (χ0v) is 10.5. The molecule has 0 bridgehead atoms. The Morgan fingerprint density at radius 2 is 1.94 bits per heavy atom. The monoisotopic (exact) mass is 233 g/mol. The van der Waals surface area contributed by atoms with Gasteiger partial charge < -0.3 is 9.64 Å². The standard InChI is InChI=1S/C14H19NO2/c1-11-7-3-4-8-13(11)17-12(2)14(16)15-9-5-6-10-15/h3-4,7-8,12H,5-6,9-10H2,1-2H3/t12-/m1/s1. The number of carbonyl (C=O) groups excluding carboxylic acids is 1. The van der Waals surface area contributed by atoms with Crippen LogP contribution >= 0.6 is 0 Å². The summed E-state index contributed by atoms with van der Waals surface area (Å²) in [4.78, 5) is 14.0. The van der Waals surface area contributed by atoms with Crippen molar-refractivity contribution in [2.24, 2.45) is 0 Å². The minimum absolute atomic E-state index is 0.103. The first kappa shape index (κ1) is 12.0. The van der Waals surface area contributed by atoms with Gasteiger partial charge in [-0.05, 0) is 38.3 Å². The van der Waals surface area contributed by atoms with E-state index in [1.807, 2.05) is 43.0 Å². The third-order valence-electron chi connectivity index (χ3n) is 3.16. The Labute approximate surface area is 102 Å². The number of likely N-dealkylation sites (tertiary alicyclic amines) is 1. The zero-order chi connectivity index (χ0) is 12.3. The first-order chi connectivity index (χ1) is 8.18. The number of hydrogen-bond acceptors (Lipinski definition) is 2. The average molecular weight is 233 g/mol. The zero-order valence-electron chi connectivity index (χ0n) is 10.5. The molecule has 0 radical (unpaired) electrons. The summed E-state index contributed by atoms with van der Waals surface area (Å²) < 4.78 is 5.73. The van der Waals surface area contributed by atoms with Crippen LogP contribution in [0, 0.1) is 6.92 Å². The lowest BCUT2D eigenvalue weighted by atomic mass is 10.2. The topological polar surface area (TPSA) is 29.5 Å². The molecule has 0 aliphatic carbocycles. The minimum atomic E-state index is -0.394. The fourth-order valence-corrected chi connectivity index (χ4v) is 2.12. The molecule has 1 saturated heterocycles. The molecule has 0 aromatic heterocycles. The number of aryl methyl sites for hydroxylation is 1. The van der Waals surface area contributed by atoms with E-state index in [2.05, 4.69) is 0 Å². The van der Waals surface area contributed by atoms with Crippen molar-refractivity contribution >= 4 is 5.91 Å². The van der Waals surface area contributed by atoms with Crippen molar-refractivity contribution in [2.45, 2.75) is 32.8 Å². The number of amides is 1. The fraction of sp³-hybridized carbons (Fsp3) is 0.500. The summed E-state index contributed by atoms with van der Waals surface area (Å²) in [6.07, 6.45) is 1.83. The van der Waals surface area contributed by atoms with Crippen LogP contribution < -0.4 is 4.74 Å². The predicted octanol–water partition coefficient (Wildman–Crippen LogP) is 2.38. The Balaban J connectivity index is 1.99. The highest BCUT2D eigenvalue weighted by Crippen LogP contribution is 2.19. The van der Waals surface area contributed by atoms with Crippen LogP contribution in [-0.2, 0) is 4.79 Å². The van der Waals surface area contributed by atoms with Crippen LogP contribution in [0.4, 0.5) is 0 Å². The molecule has 92 valence electrons. The fourth-order valence-electron chi connectivity index (χ4n) is 2.12.